The lowest BCUT2D eigenvalue weighted by atomic mass is 10.1. The second-order valence-electron chi connectivity index (χ2n) is 5.84. The Labute approximate surface area is 161 Å². The molecule has 0 spiro atoms. The topological polar surface area (TPSA) is 55.4 Å². The quantitative estimate of drug-likeness (QED) is 0.730. The van der Waals surface area contributed by atoms with Crippen molar-refractivity contribution in [2.45, 2.75) is 32.4 Å². The van der Waals surface area contributed by atoms with Gasteiger partial charge in [-0.2, -0.15) is 0 Å². The maximum atomic E-state index is 12.9. The molecular formula is C19H18Cl2FNO3. The first-order valence-electron chi connectivity index (χ1n) is 7.95. The van der Waals surface area contributed by atoms with Crippen LogP contribution < -0.4 is 5.32 Å². The third kappa shape index (κ3) is 5.71. The summed E-state index contributed by atoms with van der Waals surface area (Å²) in [5.41, 5.74) is 1.38. The normalized spacial score (nSPS) is 13.0. The summed E-state index contributed by atoms with van der Waals surface area (Å²) in [5.74, 6) is -1.35. The van der Waals surface area contributed by atoms with Gasteiger partial charge in [0.2, 0.25) is 0 Å². The summed E-state index contributed by atoms with van der Waals surface area (Å²) in [5, 5.41) is 3.46. The molecule has 0 radical (unpaired) electrons. The van der Waals surface area contributed by atoms with Crippen LogP contribution in [-0.4, -0.2) is 18.0 Å². The summed E-state index contributed by atoms with van der Waals surface area (Å²) in [6.45, 7) is 3.24. The predicted octanol–water partition coefficient (Wildman–Crippen LogP) is 4.48. The molecule has 2 aromatic rings. The van der Waals surface area contributed by atoms with Gasteiger partial charge in [-0.3, -0.25) is 9.59 Å². The molecule has 0 fully saturated rings. The van der Waals surface area contributed by atoms with Crippen molar-refractivity contribution in [3.05, 3.63) is 69.5 Å². The van der Waals surface area contributed by atoms with Crippen LogP contribution in [0.1, 0.15) is 31.0 Å². The molecule has 0 bridgehead atoms. The molecule has 0 saturated heterocycles. The maximum absolute atomic E-state index is 12.9. The summed E-state index contributed by atoms with van der Waals surface area (Å²) in [6.07, 6.45) is -0.990. The largest absolute Gasteiger partial charge is 0.452 e. The van der Waals surface area contributed by atoms with Gasteiger partial charge in [-0.25, -0.2) is 4.39 Å². The van der Waals surface area contributed by atoms with Crippen molar-refractivity contribution in [3.8, 4) is 0 Å². The molecule has 2 rings (SSSR count). The lowest BCUT2D eigenvalue weighted by molar-refractivity contribution is -0.154. The molecule has 0 aliphatic carbocycles. The number of nitrogens with one attached hydrogen (secondary N) is 1. The molecule has 1 N–H and O–H groups in total. The number of benzene rings is 2. The van der Waals surface area contributed by atoms with Gasteiger partial charge in [0.15, 0.2) is 6.10 Å². The molecular weight excluding hydrogens is 380 g/mol. The zero-order chi connectivity index (χ0) is 19.3. The van der Waals surface area contributed by atoms with E-state index in [9.17, 15) is 14.0 Å². The number of hydrogen-bond acceptors (Lipinski definition) is 3. The highest BCUT2D eigenvalue weighted by molar-refractivity contribution is 6.42. The average molecular weight is 398 g/mol. The molecule has 138 valence electrons. The number of hydrogen-bond donors (Lipinski definition) is 1. The number of carbonyl (C=O) groups is 2. The number of halogens is 3. The van der Waals surface area contributed by atoms with Crippen LogP contribution in [0, 0.1) is 5.82 Å². The van der Waals surface area contributed by atoms with Crippen molar-refractivity contribution in [1.29, 1.82) is 0 Å². The Balaban J connectivity index is 1.88. The maximum Gasteiger partial charge on any atom is 0.311 e. The standard InChI is InChI=1S/C19H18Cl2FNO3/c1-11(14-4-6-15(22)7-5-14)23-19(25)12(2)26-18(24)10-13-3-8-16(20)17(21)9-13/h3-9,11-12H,10H2,1-2H3,(H,23,25)/t11-,12-/m1/s1. The zero-order valence-electron chi connectivity index (χ0n) is 14.3. The Hall–Kier alpha value is -2.11. The van der Waals surface area contributed by atoms with Gasteiger partial charge in [0.1, 0.15) is 5.82 Å². The molecule has 0 saturated carbocycles. The summed E-state index contributed by atoms with van der Waals surface area (Å²) in [4.78, 5) is 24.2. The molecule has 7 heteroatoms. The predicted molar refractivity (Wildman–Crippen MR) is 98.7 cm³/mol. The number of carbonyl (C=O) groups excluding carboxylic acids is 2. The zero-order valence-corrected chi connectivity index (χ0v) is 15.8. The first-order valence-corrected chi connectivity index (χ1v) is 8.71. The van der Waals surface area contributed by atoms with Crippen LogP contribution in [0.4, 0.5) is 4.39 Å². The molecule has 26 heavy (non-hydrogen) atoms. The first-order chi connectivity index (χ1) is 12.3. The lowest BCUT2D eigenvalue weighted by Crippen LogP contribution is -2.37. The fraction of sp³-hybridized carbons (Fsp3) is 0.263. The Morgan fingerprint density at radius 3 is 2.35 bits per heavy atom. The van der Waals surface area contributed by atoms with Gasteiger partial charge >= 0.3 is 5.97 Å². The van der Waals surface area contributed by atoms with Gasteiger partial charge in [0.25, 0.3) is 5.91 Å². The third-order valence-electron chi connectivity index (χ3n) is 3.74. The van der Waals surface area contributed by atoms with Crippen LogP contribution in [0.25, 0.3) is 0 Å². The summed E-state index contributed by atoms with van der Waals surface area (Å²) in [7, 11) is 0. The average Bonchev–Trinajstić information content (AvgIpc) is 2.58. The lowest BCUT2D eigenvalue weighted by Gasteiger charge is -2.18. The molecule has 0 aliphatic rings. The van der Waals surface area contributed by atoms with Crippen molar-refractivity contribution in [2.24, 2.45) is 0 Å². The Kier molecular flexibility index (Phi) is 7.00. The second-order valence-corrected chi connectivity index (χ2v) is 6.65. The van der Waals surface area contributed by atoms with Crippen molar-refractivity contribution in [1.82, 2.24) is 5.32 Å². The highest BCUT2D eigenvalue weighted by Gasteiger charge is 2.20. The molecule has 2 atom stereocenters. The van der Waals surface area contributed by atoms with Crippen LogP contribution in [-0.2, 0) is 20.7 Å². The highest BCUT2D eigenvalue weighted by Crippen LogP contribution is 2.23. The van der Waals surface area contributed by atoms with E-state index in [0.29, 0.717) is 15.6 Å². The van der Waals surface area contributed by atoms with E-state index < -0.39 is 18.0 Å². The number of rotatable bonds is 6. The molecule has 0 heterocycles. The van der Waals surface area contributed by atoms with Crippen molar-refractivity contribution in [2.75, 3.05) is 0 Å². The summed E-state index contributed by atoms with van der Waals surface area (Å²) in [6, 6.07) is 10.3. The minimum Gasteiger partial charge on any atom is -0.452 e. The summed E-state index contributed by atoms with van der Waals surface area (Å²) >= 11 is 11.7. The van der Waals surface area contributed by atoms with Crippen LogP contribution in [0.3, 0.4) is 0 Å². The van der Waals surface area contributed by atoms with Crippen LogP contribution >= 0.6 is 23.2 Å². The number of ether oxygens (including phenoxy) is 1. The van der Waals surface area contributed by atoms with E-state index in [1.54, 1.807) is 37.3 Å². The Morgan fingerprint density at radius 2 is 1.73 bits per heavy atom. The SMILES string of the molecule is C[C@@H](OC(=O)Cc1ccc(Cl)c(Cl)c1)C(=O)N[C@H](C)c1ccc(F)cc1. The minimum absolute atomic E-state index is 0.0258. The van der Waals surface area contributed by atoms with Crippen molar-refractivity contribution in [3.63, 3.8) is 0 Å². The van der Waals surface area contributed by atoms with Crippen LogP contribution in [0.15, 0.2) is 42.5 Å². The van der Waals surface area contributed by atoms with Crippen LogP contribution in [0.2, 0.25) is 10.0 Å². The third-order valence-corrected chi connectivity index (χ3v) is 4.48. The van der Waals surface area contributed by atoms with Gasteiger partial charge in [0.05, 0.1) is 22.5 Å². The molecule has 1 amide bonds. The smallest absolute Gasteiger partial charge is 0.311 e. The molecule has 4 nitrogen and oxygen atoms in total. The second kappa shape index (κ2) is 9.01. The van der Waals surface area contributed by atoms with Gasteiger partial charge in [-0.15, -0.1) is 0 Å². The molecule has 0 unspecified atom stereocenters. The van der Waals surface area contributed by atoms with Gasteiger partial charge < -0.3 is 10.1 Å². The van der Waals surface area contributed by atoms with Crippen LogP contribution in [0.5, 0.6) is 0 Å². The van der Waals surface area contributed by atoms with E-state index in [2.05, 4.69) is 5.32 Å². The van der Waals surface area contributed by atoms with E-state index >= 15 is 0 Å². The fourth-order valence-electron chi connectivity index (χ4n) is 2.27. The van der Waals surface area contributed by atoms with E-state index in [1.165, 1.54) is 19.1 Å². The Bertz CT molecular complexity index is 796. The molecule has 2 aromatic carbocycles. The number of amides is 1. The van der Waals surface area contributed by atoms with E-state index in [1.807, 2.05) is 0 Å². The van der Waals surface area contributed by atoms with Crippen molar-refractivity contribution >= 4 is 35.1 Å². The monoisotopic (exact) mass is 397 g/mol. The van der Waals surface area contributed by atoms with Gasteiger partial charge in [-0.1, -0.05) is 41.4 Å². The molecule has 0 aromatic heterocycles. The fourth-order valence-corrected chi connectivity index (χ4v) is 2.59. The minimum atomic E-state index is -0.965. The summed E-state index contributed by atoms with van der Waals surface area (Å²) < 4.78 is 18.1. The molecule has 0 aliphatic heterocycles. The van der Waals surface area contributed by atoms with E-state index in [0.717, 1.165) is 5.56 Å². The number of esters is 1. The van der Waals surface area contributed by atoms with E-state index in [-0.39, 0.29) is 18.3 Å². The highest BCUT2D eigenvalue weighted by atomic mass is 35.5. The Morgan fingerprint density at radius 1 is 1.08 bits per heavy atom. The van der Waals surface area contributed by atoms with Gasteiger partial charge in [0, 0.05) is 0 Å². The first kappa shape index (κ1) is 20.2. The van der Waals surface area contributed by atoms with Gasteiger partial charge in [-0.05, 0) is 49.2 Å². The van der Waals surface area contributed by atoms with E-state index in [4.69, 9.17) is 27.9 Å². The van der Waals surface area contributed by atoms with Crippen molar-refractivity contribution < 1.29 is 18.7 Å².